The molecule has 0 spiro atoms. The average Bonchev–Trinajstić information content (AvgIpc) is 0.738. The summed E-state index contributed by atoms with van der Waals surface area (Å²) in [6.45, 7) is 10.1. The second-order valence-electron chi connectivity index (χ2n) is 24.7. The zero-order valence-corrected chi connectivity index (χ0v) is 66.5. The van der Waals surface area contributed by atoms with Crippen molar-refractivity contribution in [2.24, 2.45) is 0 Å². The van der Waals surface area contributed by atoms with Gasteiger partial charge in [-0.2, -0.15) is 0 Å². The summed E-state index contributed by atoms with van der Waals surface area (Å²) in [4.78, 5) is 2.38. The molecule has 0 heterocycles. The van der Waals surface area contributed by atoms with E-state index in [4.69, 9.17) is 38.8 Å². The topological polar surface area (TPSA) is 3.24 Å². The van der Waals surface area contributed by atoms with Gasteiger partial charge in [-0.15, -0.1) is 0 Å². The minimum atomic E-state index is -2.97. The number of halogens is 4. The van der Waals surface area contributed by atoms with Crippen molar-refractivity contribution < 1.29 is 10.8 Å². The van der Waals surface area contributed by atoms with Gasteiger partial charge in [-0.3, -0.25) is 0 Å². The Hall–Kier alpha value is -7.98. The second kappa shape index (κ2) is 36.3. The summed E-state index contributed by atoms with van der Waals surface area (Å²) in [5, 5.41) is 26.7. The zero-order valence-electron chi connectivity index (χ0n) is 58.2. The maximum Gasteiger partial charge on any atom is -0.000884 e. The fraction of sp³-hybridized carbons (Fsp3) is 0.0638. The largest absolute Gasteiger partial charge is 0.0622 e. The van der Waals surface area contributed by atoms with Gasteiger partial charge in [0.15, 0.2) is 0 Å². The van der Waals surface area contributed by atoms with Crippen molar-refractivity contribution in [1.82, 2.24) is 4.90 Å². The third-order valence-electron chi connectivity index (χ3n) is 18.5. The zero-order chi connectivity index (χ0) is 71.6. The summed E-state index contributed by atoms with van der Waals surface area (Å²) < 4.78 is 0. The summed E-state index contributed by atoms with van der Waals surface area (Å²) in [7, 11) is 13.6. The van der Waals surface area contributed by atoms with Gasteiger partial charge in [-0.1, -0.05) is 409 Å². The van der Waals surface area contributed by atoms with Crippen LogP contribution in [-0.2, 0) is 10.8 Å². The van der Waals surface area contributed by atoms with Gasteiger partial charge >= 0.3 is 49.6 Å². The summed E-state index contributed by atoms with van der Waals surface area (Å²) in [5.41, 5.74) is 5.40. The van der Waals surface area contributed by atoms with E-state index in [1.807, 2.05) is 0 Å². The van der Waals surface area contributed by atoms with Gasteiger partial charge in [-0.25, -0.2) is 0 Å². The summed E-state index contributed by atoms with van der Waals surface area (Å²) in [6, 6.07) is 144. The fourth-order valence-electron chi connectivity index (χ4n) is 13.8. The van der Waals surface area contributed by atoms with Crippen LogP contribution in [0.5, 0.6) is 0 Å². The van der Waals surface area contributed by atoms with Crippen molar-refractivity contribution >= 4 is 177 Å². The summed E-state index contributed by atoms with van der Waals surface area (Å²) in [6.07, 6.45) is 0. The molecule has 16 aromatic carbocycles. The maximum absolute atomic E-state index is 5.00. The molecule has 0 unspecified atom stereocenters. The Morgan fingerprint density at radius 3 is 0.490 bits per heavy atom. The molecular weight excluding hydrogens is 1510 g/mol. The van der Waals surface area contributed by atoms with Crippen molar-refractivity contribution in [3.63, 3.8) is 0 Å². The Balaban J connectivity index is 0.000000160. The first-order valence-electron chi connectivity index (χ1n) is 35.0. The molecule has 10 heteroatoms. The molecule has 516 valence electrons. The molecule has 0 bridgehead atoms. The number of hydrogen-bond acceptors (Lipinski definition) is 1. The maximum atomic E-state index is 5.00. The Morgan fingerprint density at radius 2 is 0.346 bits per heavy atom. The van der Waals surface area contributed by atoms with E-state index < -0.39 is 42.5 Å². The van der Waals surface area contributed by atoms with Crippen LogP contribution in [0.3, 0.4) is 0 Å². The monoisotopic (exact) mass is 1590 g/mol. The van der Waals surface area contributed by atoms with Crippen LogP contribution in [0, 0.1) is 0 Å². The molecule has 0 aliphatic heterocycles. The molecule has 0 saturated carbocycles. The Bertz CT molecular complexity index is 4590. The first kappa shape index (κ1) is 74.3. The van der Waals surface area contributed by atoms with Gasteiger partial charge in [0.1, 0.15) is 0 Å². The molecule has 0 N–H and O–H groups in total. The predicted octanol–water partition coefficient (Wildman–Crippen LogP) is 22.5. The van der Waals surface area contributed by atoms with Crippen LogP contribution in [0.2, 0.25) is 0 Å². The Labute approximate surface area is 638 Å². The Kier molecular flexibility index (Phi) is 26.0. The van der Waals surface area contributed by atoms with Crippen molar-refractivity contribution in [2.75, 3.05) is 19.6 Å². The van der Waals surface area contributed by atoms with Gasteiger partial charge in [-0.05, 0) is 180 Å². The van der Waals surface area contributed by atoms with Crippen LogP contribution < -0.4 is 63.7 Å². The summed E-state index contributed by atoms with van der Waals surface area (Å²) >= 11 is 0. The average molecular weight is 1590 g/mol. The van der Waals surface area contributed by atoms with E-state index in [0.717, 1.165) is 0 Å². The SMILES string of the molecule is CCN(CC)CC.[Cl][Ru]([Cl])([Cl])[Cl].c1ccc(P(c2ccccc2)c2ccc3ccccc3c2-c2c(P(c3ccccc3)c3ccccc3)ccc3ccccc23)cc1.c1ccc(P(c2ccccc2)c2ccc3ccccc3c2-c2c(P(c3ccccc3)c3ccccc3)ccc3ccccc23)cc1. The van der Waals surface area contributed by atoms with Gasteiger partial charge in [0, 0.05) is 0 Å². The molecule has 104 heavy (non-hydrogen) atoms. The number of rotatable bonds is 17. The molecule has 0 aliphatic rings. The molecule has 0 radical (unpaired) electrons. The molecule has 0 fully saturated rings. The summed E-state index contributed by atoms with van der Waals surface area (Å²) in [5.74, 6) is 0. The fourth-order valence-corrected chi connectivity index (χ4v) is 23.7. The van der Waals surface area contributed by atoms with E-state index in [9.17, 15) is 0 Å². The van der Waals surface area contributed by atoms with E-state index in [1.165, 1.54) is 149 Å². The minimum absolute atomic E-state index is 0.852. The molecule has 0 saturated heterocycles. The molecular formula is C94H79Cl4NP4Ru. The molecule has 16 rings (SSSR count). The number of benzene rings is 16. The number of nitrogens with zero attached hydrogens (tertiary/aromatic N) is 1. The van der Waals surface area contributed by atoms with E-state index in [-0.39, 0.29) is 0 Å². The molecule has 0 aromatic heterocycles. The van der Waals surface area contributed by atoms with Crippen LogP contribution in [0.4, 0.5) is 0 Å². The molecule has 16 aromatic rings. The normalized spacial score (nSPS) is 11.5. The van der Waals surface area contributed by atoms with Crippen LogP contribution in [0.25, 0.3) is 65.3 Å². The van der Waals surface area contributed by atoms with Gasteiger partial charge in [0.25, 0.3) is 0 Å². The van der Waals surface area contributed by atoms with Crippen LogP contribution in [0.15, 0.2) is 388 Å². The minimum Gasteiger partial charge on any atom is -0.0622 e. The van der Waals surface area contributed by atoms with Crippen molar-refractivity contribution in [2.45, 2.75) is 20.8 Å². The first-order chi connectivity index (χ1) is 51.1. The smallest absolute Gasteiger partial charge is 0.000884 e. The Morgan fingerprint density at radius 1 is 0.202 bits per heavy atom. The molecule has 1 nitrogen and oxygen atoms in total. The first-order valence-corrected chi connectivity index (χ1v) is 49.3. The van der Waals surface area contributed by atoms with Crippen molar-refractivity contribution in [1.29, 1.82) is 0 Å². The standard InChI is InChI=1S/2C44H32P2.C6H15N.4ClH.Ru/c2*1-5-19-35(20-6-1)45(36-21-7-2-8-22-36)41-31-29-33-17-13-15-27-39(33)43(41)44-40-28-16-14-18-34(40)30-32-42(44)46(37-23-9-3-10-24-37)38-25-11-4-12-26-38;1-4-7(5-2)6-3;;;;;/h2*1-32H;4-6H2,1-3H3;4*1H;/q;;;;;;;+4/p-4. The van der Waals surface area contributed by atoms with Crippen LogP contribution in [-0.4, -0.2) is 24.5 Å². The quantitative estimate of drug-likeness (QED) is 0.0649. The number of hydrogen-bond donors (Lipinski definition) is 0. The van der Waals surface area contributed by atoms with Crippen LogP contribution in [0.1, 0.15) is 20.8 Å². The van der Waals surface area contributed by atoms with E-state index in [1.54, 1.807) is 0 Å². The molecule has 0 atom stereocenters. The third-order valence-corrected chi connectivity index (χ3v) is 28.5. The molecule has 0 amide bonds. The van der Waals surface area contributed by atoms with E-state index in [0.29, 0.717) is 0 Å². The van der Waals surface area contributed by atoms with Crippen LogP contribution >= 0.6 is 70.5 Å². The van der Waals surface area contributed by atoms with Gasteiger partial charge < -0.3 is 4.90 Å². The van der Waals surface area contributed by atoms with Gasteiger partial charge in [0.2, 0.25) is 0 Å². The van der Waals surface area contributed by atoms with Crippen molar-refractivity contribution in [3.05, 3.63) is 388 Å². The van der Waals surface area contributed by atoms with E-state index in [2.05, 4.69) is 414 Å². The van der Waals surface area contributed by atoms with Gasteiger partial charge in [0.05, 0.1) is 0 Å². The van der Waals surface area contributed by atoms with E-state index >= 15 is 0 Å². The third kappa shape index (κ3) is 17.8. The number of fused-ring (bicyclic) bond motifs is 4. The molecule has 0 aliphatic carbocycles. The predicted molar refractivity (Wildman–Crippen MR) is 465 cm³/mol. The second-order valence-corrected chi connectivity index (χ2v) is 49.2. The van der Waals surface area contributed by atoms with Crippen molar-refractivity contribution in [3.8, 4) is 22.3 Å².